The summed E-state index contributed by atoms with van der Waals surface area (Å²) < 4.78 is 21.9. The smallest absolute Gasteiger partial charge is 0.311 e. The predicted molar refractivity (Wildman–Crippen MR) is 215 cm³/mol. The van der Waals surface area contributed by atoms with Gasteiger partial charge in [-0.2, -0.15) is 0 Å². The molecule has 0 aliphatic heterocycles. The monoisotopic (exact) mass is 732 g/mol. The molecule has 2 aromatic carbocycles. The van der Waals surface area contributed by atoms with E-state index in [4.69, 9.17) is 18.9 Å². The normalized spacial score (nSPS) is 11.7. The zero-order valence-corrected chi connectivity index (χ0v) is 32.8. The second-order valence-electron chi connectivity index (χ2n) is 13.6. The number of ether oxygens (including phenoxy) is 4. The number of unbranched alkanes of at least 4 members (excludes halogenated alkanes) is 16. The second-order valence-corrected chi connectivity index (χ2v) is 13.6. The summed E-state index contributed by atoms with van der Waals surface area (Å²) in [5.74, 6) is 0.201. The number of carbonyl (C=O) groups excluding carboxylic acids is 3. The van der Waals surface area contributed by atoms with Gasteiger partial charge in [0.25, 0.3) is 0 Å². The predicted octanol–water partition coefficient (Wildman–Crippen LogP) is 12.1. The highest BCUT2D eigenvalue weighted by Crippen LogP contribution is 2.30. The zero-order chi connectivity index (χ0) is 38.5. The lowest BCUT2D eigenvalue weighted by Gasteiger charge is -2.10. The Hall–Kier alpha value is -4.33. The minimum absolute atomic E-state index is 0.234. The number of hydrogen-bond donors (Lipinski definition) is 1. The molecular weight excluding hydrogens is 668 g/mol. The number of rotatable bonds is 29. The maximum Gasteiger partial charge on any atom is 0.311 e. The molecule has 0 aliphatic rings. The molecular formula is C45H64O8. The van der Waals surface area contributed by atoms with Gasteiger partial charge in [-0.15, -0.1) is 0 Å². The standard InChI is InChI=1S/C45H64O8/c1-5-7-9-11-13-15-17-19-21-23-44(48)52-40-31-27-36(33-42(40)50-3)25-29-38(46)35-39(47)30-26-37-28-32-41(43(34-37)51-4)53-45(49)24-22-20-18-16-14-12-10-8-6-2/h25-35,46H,5-24H2,1-4H3/b29-25+,30-26+,38-35-. The molecule has 0 aliphatic carbocycles. The minimum Gasteiger partial charge on any atom is -0.508 e. The van der Waals surface area contributed by atoms with Crippen LogP contribution in [0.5, 0.6) is 23.0 Å². The zero-order valence-electron chi connectivity index (χ0n) is 32.8. The summed E-state index contributed by atoms with van der Waals surface area (Å²) in [6.07, 6.45) is 28.9. The van der Waals surface area contributed by atoms with E-state index in [1.165, 1.54) is 103 Å². The lowest BCUT2D eigenvalue weighted by atomic mass is 10.1. The van der Waals surface area contributed by atoms with Crippen LogP contribution in [0.25, 0.3) is 12.2 Å². The molecule has 2 aromatic rings. The van der Waals surface area contributed by atoms with Crippen molar-refractivity contribution in [3.05, 3.63) is 71.5 Å². The Bertz CT molecular complexity index is 1450. The SMILES string of the molecule is CCCCCCCCCCCC(=O)Oc1ccc(/C=C/C(=O)/C=C(O)/C=C/c2ccc(OC(=O)CCCCCCCCCCC)c(OC)c2)cc1OC. The van der Waals surface area contributed by atoms with Crippen LogP contribution in [0, 0.1) is 0 Å². The third-order valence-electron chi connectivity index (χ3n) is 8.97. The highest BCUT2D eigenvalue weighted by Gasteiger charge is 2.12. The van der Waals surface area contributed by atoms with Crippen LogP contribution in [0.2, 0.25) is 0 Å². The van der Waals surface area contributed by atoms with E-state index in [9.17, 15) is 19.5 Å². The van der Waals surface area contributed by atoms with Crippen LogP contribution < -0.4 is 18.9 Å². The van der Waals surface area contributed by atoms with Crippen molar-refractivity contribution < 1.29 is 38.4 Å². The van der Waals surface area contributed by atoms with Gasteiger partial charge in [0.2, 0.25) is 0 Å². The summed E-state index contributed by atoms with van der Waals surface area (Å²) in [5.41, 5.74) is 1.35. The largest absolute Gasteiger partial charge is 0.508 e. The van der Waals surface area contributed by atoms with Crippen molar-refractivity contribution in [3.63, 3.8) is 0 Å². The number of methoxy groups -OCH3 is 2. The molecule has 0 radical (unpaired) electrons. The van der Waals surface area contributed by atoms with Crippen LogP contribution >= 0.6 is 0 Å². The first-order valence-electron chi connectivity index (χ1n) is 19.9. The molecule has 0 heterocycles. The molecule has 0 unspecified atom stereocenters. The summed E-state index contributed by atoms with van der Waals surface area (Å²) in [6.45, 7) is 4.44. The van der Waals surface area contributed by atoms with Gasteiger partial charge in [-0.3, -0.25) is 14.4 Å². The Morgan fingerprint density at radius 3 is 1.30 bits per heavy atom. The fraction of sp³-hybridized carbons (Fsp3) is 0.533. The Balaban J connectivity index is 1.81. The molecule has 0 fully saturated rings. The lowest BCUT2D eigenvalue weighted by molar-refractivity contribution is -0.135. The van der Waals surface area contributed by atoms with Crippen molar-refractivity contribution in [1.82, 2.24) is 0 Å². The quantitative estimate of drug-likeness (QED) is 0.0220. The molecule has 0 atom stereocenters. The summed E-state index contributed by atoms with van der Waals surface area (Å²) in [7, 11) is 2.99. The third kappa shape index (κ3) is 20.5. The minimum atomic E-state index is -0.422. The van der Waals surface area contributed by atoms with Crippen LogP contribution in [0.15, 0.2) is 60.4 Å². The number of benzene rings is 2. The fourth-order valence-corrected chi connectivity index (χ4v) is 5.85. The average molecular weight is 733 g/mol. The summed E-state index contributed by atoms with van der Waals surface area (Å²) in [4.78, 5) is 37.3. The van der Waals surface area contributed by atoms with Crippen molar-refractivity contribution in [3.8, 4) is 23.0 Å². The van der Waals surface area contributed by atoms with Gasteiger partial charge < -0.3 is 24.1 Å². The number of esters is 2. The number of allylic oxidation sites excluding steroid dienone is 3. The van der Waals surface area contributed by atoms with Crippen LogP contribution in [0.3, 0.4) is 0 Å². The van der Waals surface area contributed by atoms with Crippen LogP contribution in [-0.2, 0) is 14.4 Å². The summed E-state index contributed by atoms with van der Waals surface area (Å²) in [6, 6.07) is 10.1. The molecule has 8 nitrogen and oxygen atoms in total. The number of ketones is 1. The van der Waals surface area contributed by atoms with Gasteiger partial charge in [0.15, 0.2) is 28.8 Å². The number of aliphatic hydroxyl groups excluding tert-OH is 1. The van der Waals surface area contributed by atoms with E-state index in [0.29, 0.717) is 47.0 Å². The Morgan fingerprint density at radius 1 is 0.528 bits per heavy atom. The molecule has 53 heavy (non-hydrogen) atoms. The number of aliphatic hydroxyl groups is 1. The van der Waals surface area contributed by atoms with Crippen molar-refractivity contribution in [2.75, 3.05) is 14.2 Å². The highest BCUT2D eigenvalue weighted by atomic mass is 16.6. The van der Waals surface area contributed by atoms with Gasteiger partial charge in [-0.1, -0.05) is 141 Å². The van der Waals surface area contributed by atoms with E-state index < -0.39 is 5.78 Å². The van der Waals surface area contributed by atoms with Crippen molar-refractivity contribution >= 4 is 29.9 Å². The topological polar surface area (TPSA) is 108 Å². The molecule has 0 aromatic heterocycles. The third-order valence-corrected chi connectivity index (χ3v) is 8.97. The van der Waals surface area contributed by atoms with Crippen LogP contribution in [-0.4, -0.2) is 37.0 Å². The molecule has 2 rings (SSSR count). The molecule has 8 heteroatoms. The first-order chi connectivity index (χ1) is 25.8. The van der Waals surface area contributed by atoms with E-state index >= 15 is 0 Å². The molecule has 0 bridgehead atoms. The number of hydrogen-bond acceptors (Lipinski definition) is 8. The van der Waals surface area contributed by atoms with Gasteiger partial charge in [-0.05, 0) is 60.4 Å². The average Bonchev–Trinajstić information content (AvgIpc) is 3.15. The van der Waals surface area contributed by atoms with Crippen molar-refractivity contribution in [2.24, 2.45) is 0 Å². The first kappa shape index (κ1) is 44.8. The van der Waals surface area contributed by atoms with Gasteiger partial charge in [0, 0.05) is 18.9 Å². The molecule has 0 spiro atoms. The Kier molecular flexibility index (Phi) is 23.9. The lowest BCUT2D eigenvalue weighted by Crippen LogP contribution is -2.08. The second kappa shape index (κ2) is 28.2. The van der Waals surface area contributed by atoms with E-state index in [1.54, 1.807) is 48.6 Å². The van der Waals surface area contributed by atoms with Crippen LogP contribution in [0.4, 0.5) is 0 Å². The van der Waals surface area contributed by atoms with E-state index in [1.807, 2.05) is 0 Å². The molecule has 0 saturated carbocycles. The fourth-order valence-electron chi connectivity index (χ4n) is 5.85. The Labute approximate surface area is 318 Å². The van der Waals surface area contributed by atoms with Gasteiger partial charge in [0.05, 0.1) is 14.2 Å². The molecule has 292 valence electrons. The maximum absolute atomic E-state index is 12.5. The summed E-state index contributed by atoms with van der Waals surface area (Å²) >= 11 is 0. The molecule has 0 saturated heterocycles. The molecule has 0 amide bonds. The van der Waals surface area contributed by atoms with E-state index in [-0.39, 0.29) is 17.7 Å². The van der Waals surface area contributed by atoms with E-state index in [0.717, 1.165) is 44.6 Å². The maximum atomic E-state index is 12.5. The van der Waals surface area contributed by atoms with Crippen molar-refractivity contribution in [1.29, 1.82) is 0 Å². The van der Waals surface area contributed by atoms with Crippen LogP contribution in [0.1, 0.15) is 153 Å². The number of carbonyl (C=O) groups is 3. The summed E-state index contributed by atoms with van der Waals surface area (Å²) in [5, 5.41) is 10.4. The van der Waals surface area contributed by atoms with E-state index in [2.05, 4.69) is 13.8 Å². The first-order valence-corrected chi connectivity index (χ1v) is 19.9. The van der Waals surface area contributed by atoms with Gasteiger partial charge >= 0.3 is 11.9 Å². The van der Waals surface area contributed by atoms with Crippen molar-refractivity contribution in [2.45, 2.75) is 142 Å². The Morgan fingerprint density at radius 2 is 0.906 bits per heavy atom. The highest BCUT2D eigenvalue weighted by molar-refractivity contribution is 6.02. The van der Waals surface area contributed by atoms with Gasteiger partial charge in [-0.25, -0.2) is 0 Å². The van der Waals surface area contributed by atoms with Gasteiger partial charge in [0.1, 0.15) is 5.76 Å². The molecule has 1 N–H and O–H groups in total.